The van der Waals surface area contributed by atoms with Crippen LogP contribution >= 0.6 is 12.4 Å². The third kappa shape index (κ3) is 2.00. The van der Waals surface area contributed by atoms with E-state index < -0.39 is 0 Å². The molecule has 1 unspecified atom stereocenters. The topological polar surface area (TPSA) is 41.5 Å². The minimum Gasteiger partial charge on any atom is -0.497 e. The quantitative estimate of drug-likeness (QED) is 0.741. The van der Waals surface area contributed by atoms with Crippen molar-refractivity contribution in [1.29, 1.82) is 0 Å². The van der Waals surface area contributed by atoms with E-state index in [2.05, 4.69) is 5.32 Å². The Labute approximate surface area is 89.5 Å². The van der Waals surface area contributed by atoms with E-state index in [0.717, 1.165) is 23.4 Å². The van der Waals surface area contributed by atoms with Crippen LogP contribution in [0.1, 0.15) is 17.2 Å². The second-order valence-corrected chi connectivity index (χ2v) is 3.21. The molecule has 1 aromatic carbocycles. The van der Waals surface area contributed by atoms with Crippen LogP contribution in [-0.2, 0) is 6.54 Å². The fourth-order valence-corrected chi connectivity index (χ4v) is 1.64. The molecule has 1 aliphatic rings. The Morgan fingerprint density at radius 2 is 2.29 bits per heavy atom. The van der Waals surface area contributed by atoms with Crippen molar-refractivity contribution in [1.82, 2.24) is 5.32 Å². The van der Waals surface area contributed by atoms with E-state index >= 15 is 0 Å². The normalized spacial score (nSPS) is 19.4. The molecule has 0 saturated carbocycles. The van der Waals surface area contributed by atoms with Crippen molar-refractivity contribution >= 4 is 12.4 Å². The van der Waals surface area contributed by atoms with Crippen molar-refractivity contribution < 1.29 is 9.84 Å². The number of β-amino-alcohol motifs (C(OH)–C–C–N with tert-alkyl or cyclic N) is 1. The number of halogens is 1. The Morgan fingerprint density at radius 1 is 1.50 bits per heavy atom. The van der Waals surface area contributed by atoms with Gasteiger partial charge in [0.25, 0.3) is 0 Å². The van der Waals surface area contributed by atoms with Gasteiger partial charge in [-0.05, 0) is 23.3 Å². The fraction of sp³-hybridized carbons (Fsp3) is 0.400. The highest BCUT2D eigenvalue weighted by Crippen LogP contribution is 2.25. The minimum absolute atomic E-state index is 0. The Bertz CT molecular complexity index is 317. The van der Waals surface area contributed by atoms with E-state index in [0.29, 0.717) is 6.54 Å². The number of methoxy groups -OCH3 is 1. The molecule has 0 bridgehead atoms. The summed E-state index contributed by atoms with van der Waals surface area (Å²) in [7, 11) is 1.65. The van der Waals surface area contributed by atoms with Gasteiger partial charge in [0.15, 0.2) is 0 Å². The molecular weight excluding hydrogens is 202 g/mol. The van der Waals surface area contributed by atoms with E-state index in [9.17, 15) is 5.11 Å². The minimum atomic E-state index is -0.380. The lowest BCUT2D eigenvalue weighted by molar-refractivity contribution is 0.165. The molecule has 0 radical (unpaired) electrons. The lowest BCUT2D eigenvalue weighted by Crippen LogP contribution is -2.27. The van der Waals surface area contributed by atoms with Gasteiger partial charge in [-0.1, -0.05) is 6.07 Å². The van der Waals surface area contributed by atoms with Crippen LogP contribution in [0.25, 0.3) is 0 Å². The van der Waals surface area contributed by atoms with Crippen molar-refractivity contribution in [2.24, 2.45) is 0 Å². The van der Waals surface area contributed by atoms with Gasteiger partial charge in [-0.2, -0.15) is 0 Å². The number of hydrogen-bond donors (Lipinski definition) is 2. The maximum atomic E-state index is 9.62. The van der Waals surface area contributed by atoms with Crippen LogP contribution in [0.3, 0.4) is 0 Å². The van der Waals surface area contributed by atoms with Crippen molar-refractivity contribution in [3.8, 4) is 5.75 Å². The molecule has 1 atom stereocenters. The summed E-state index contributed by atoms with van der Waals surface area (Å²) < 4.78 is 5.11. The molecule has 4 heteroatoms. The molecular formula is C10H14ClNO2. The van der Waals surface area contributed by atoms with Gasteiger partial charge < -0.3 is 15.2 Å². The van der Waals surface area contributed by atoms with Crippen molar-refractivity contribution in [2.75, 3.05) is 13.7 Å². The zero-order valence-corrected chi connectivity index (χ0v) is 8.80. The third-order valence-electron chi connectivity index (χ3n) is 2.36. The number of ether oxygens (including phenoxy) is 1. The summed E-state index contributed by atoms with van der Waals surface area (Å²) in [6.07, 6.45) is -0.380. The number of benzene rings is 1. The van der Waals surface area contributed by atoms with Crippen LogP contribution in [0.15, 0.2) is 18.2 Å². The SMILES string of the molecule is COc1ccc2c(c1)CNCC2O.Cl. The molecule has 3 nitrogen and oxygen atoms in total. The first kappa shape index (κ1) is 11.3. The molecule has 0 saturated heterocycles. The van der Waals surface area contributed by atoms with E-state index in [1.165, 1.54) is 0 Å². The van der Waals surface area contributed by atoms with E-state index in [4.69, 9.17) is 4.74 Å². The van der Waals surface area contributed by atoms with Gasteiger partial charge in [0.1, 0.15) is 5.75 Å². The summed E-state index contributed by atoms with van der Waals surface area (Å²) in [6, 6.07) is 5.78. The third-order valence-corrected chi connectivity index (χ3v) is 2.36. The van der Waals surface area contributed by atoms with Crippen LogP contribution in [0, 0.1) is 0 Å². The lowest BCUT2D eigenvalue weighted by atomic mass is 9.99. The Kier molecular flexibility index (Phi) is 3.75. The Hall–Kier alpha value is -0.770. The Balaban J connectivity index is 0.000000980. The highest BCUT2D eigenvalue weighted by molar-refractivity contribution is 5.85. The average molecular weight is 216 g/mol. The molecule has 2 N–H and O–H groups in total. The van der Waals surface area contributed by atoms with Crippen molar-refractivity contribution in [3.05, 3.63) is 29.3 Å². The first-order valence-corrected chi connectivity index (χ1v) is 4.37. The second kappa shape index (κ2) is 4.64. The summed E-state index contributed by atoms with van der Waals surface area (Å²) in [5.74, 6) is 0.842. The monoisotopic (exact) mass is 215 g/mol. The molecule has 0 aromatic heterocycles. The van der Waals surface area contributed by atoms with Crippen molar-refractivity contribution in [2.45, 2.75) is 12.6 Å². The van der Waals surface area contributed by atoms with Gasteiger partial charge in [-0.25, -0.2) is 0 Å². The first-order valence-electron chi connectivity index (χ1n) is 4.37. The molecule has 14 heavy (non-hydrogen) atoms. The Morgan fingerprint density at radius 3 is 3.00 bits per heavy atom. The maximum absolute atomic E-state index is 9.62. The lowest BCUT2D eigenvalue weighted by Gasteiger charge is -2.22. The predicted molar refractivity (Wildman–Crippen MR) is 56.9 cm³/mol. The van der Waals surface area contributed by atoms with Gasteiger partial charge in [-0.3, -0.25) is 0 Å². The number of rotatable bonds is 1. The second-order valence-electron chi connectivity index (χ2n) is 3.21. The molecule has 1 heterocycles. The highest BCUT2D eigenvalue weighted by atomic mass is 35.5. The van der Waals surface area contributed by atoms with E-state index in [1.807, 2.05) is 18.2 Å². The molecule has 2 rings (SSSR count). The van der Waals surface area contributed by atoms with Crippen molar-refractivity contribution in [3.63, 3.8) is 0 Å². The molecule has 0 amide bonds. The largest absolute Gasteiger partial charge is 0.497 e. The molecule has 78 valence electrons. The predicted octanol–water partition coefficient (Wildman–Crippen LogP) is 1.25. The zero-order valence-electron chi connectivity index (χ0n) is 7.99. The van der Waals surface area contributed by atoms with Crippen LogP contribution < -0.4 is 10.1 Å². The number of aliphatic hydroxyl groups excluding tert-OH is 1. The van der Waals surface area contributed by atoms with Crippen LogP contribution in [0.5, 0.6) is 5.75 Å². The molecule has 0 fully saturated rings. The molecule has 0 aliphatic carbocycles. The molecule has 1 aromatic rings. The number of nitrogens with one attached hydrogen (secondary N) is 1. The number of fused-ring (bicyclic) bond motifs is 1. The first-order chi connectivity index (χ1) is 6.31. The van der Waals surface area contributed by atoms with Crippen LogP contribution in [-0.4, -0.2) is 18.8 Å². The standard InChI is InChI=1S/C10H13NO2.ClH/c1-13-8-2-3-9-7(4-8)5-11-6-10(9)12;/h2-4,10-12H,5-6H2,1H3;1H. The summed E-state index contributed by atoms with van der Waals surface area (Å²) in [6.45, 7) is 1.45. The number of hydrogen-bond acceptors (Lipinski definition) is 3. The van der Waals surface area contributed by atoms with Gasteiger partial charge in [0.05, 0.1) is 13.2 Å². The van der Waals surface area contributed by atoms with Gasteiger partial charge in [-0.15, -0.1) is 12.4 Å². The molecule has 1 aliphatic heterocycles. The maximum Gasteiger partial charge on any atom is 0.119 e. The summed E-state index contributed by atoms with van der Waals surface area (Å²) >= 11 is 0. The fourth-order valence-electron chi connectivity index (χ4n) is 1.64. The average Bonchev–Trinajstić information content (AvgIpc) is 2.18. The summed E-state index contributed by atoms with van der Waals surface area (Å²) in [4.78, 5) is 0. The summed E-state index contributed by atoms with van der Waals surface area (Å²) in [5.41, 5.74) is 2.14. The van der Waals surface area contributed by atoms with Gasteiger partial charge >= 0.3 is 0 Å². The smallest absolute Gasteiger partial charge is 0.119 e. The molecule has 0 spiro atoms. The van der Waals surface area contributed by atoms with Crippen LogP contribution in [0.4, 0.5) is 0 Å². The highest BCUT2D eigenvalue weighted by Gasteiger charge is 2.17. The zero-order chi connectivity index (χ0) is 9.26. The number of aliphatic hydroxyl groups is 1. The van der Waals surface area contributed by atoms with E-state index in [-0.39, 0.29) is 18.5 Å². The van der Waals surface area contributed by atoms with Gasteiger partial charge in [0.2, 0.25) is 0 Å². The van der Waals surface area contributed by atoms with Crippen LogP contribution in [0.2, 0.25) is 0 Å². The van der Waals surface area contributed by atoms with E-state index in [1.54, 1.807) is 7.11 Å². The van der Waals surface area contributed by atoms with Gasteiger partial charge in [0, 0.05) is 13.1 Å². The summed E-state index contributed by atoms with van der Waals surface area (Å²) in [5, 5.41) is 12.8.